The summed E-state index contributed by atoms with van der Waals surface area (Å²) in [5, 5.41) is 18.9. The van der Waals surface area contributed by atoms with Crippen LogP contribution in [0.3, 0.4) is 0 Å². The van der Waals surface area contributed by atoms with E-state index >= 15 is 0 Å². The van der Waals surface area contributed by atoms with Crippen molar-refractivity contribution in [3.05, 3.63) is 24.3 Å². The average molecular weight is 329 g/mol. The molecule has 24 heavy (non-hydrogen) atoms. The number of carbonyl (C=O) groups is 2. The highest BCUT2D eigenvalue weighted by atomic mass is 16.3. The van der Waals surface area contributed by atoms with Crippen LogP contribution in [0, 0.1) is 0 Å². The molecule has 1 aromatic carbocycles. The molecule has 0 unspecified atom stereocenters. The molecular weight excluding hydrogens is 306 g/mol. The number of anilines is 2. The number of hydrogen-bond donors (Lipinski definition) is 2. The summed E-state index contributed by atoms with van der Waals surface area (Å²) in [5.74, 6) is -0.281. The first kappa shape index (κ1) is 16.6. The minimum Gasteiger partial charge on any atom is -0.389 e. The van der Waals surface area contributed by atoms with Crippen LogP contribution in [-0.2, 0) is 9.59 Å². The first-order valence-electron chi connectivity index (χ1n) is 8.45. The monoisotopic (exact) mass is 329 g/mol. The molecule has 128 valence electrons. The number of amides is 2. The molecule has 1 aliphatic heterocycles. The van der Waals surface area contributed by atoms with Gasteiger partial charge in [0, 0.05) is 11.4 Å². The fourth-order valence-electron chi connectivity index (χ4n) is 3.36. The van der Waals surface area contributed by atoms with E-state index in [9.17, 15) is 14.7 Å². The molecule has 2 amide bonds. The molecule has 0 bridgehead atoms. The molecule has 3 rings (SSSR count). The zero-order valence-corrected chi connectivity index (χ0v) is 13.9. The Bertz CT molecular complexity index is 678. The maximum Gasteiger partial charge on any atom is 0.253 e. The van der Waals surface area contributed by atoms with Gasteiger partial charge in [-0.15, -0.1) is 0 Å². The van der Waals surface area contributed by atoms with E-state index in [0.29, 0.717) is 30.6 Å². The fraction of sp³-hybridized carbons (Fsp3) is 0.500. The third kappa shape index (κ3) is 3.82. The summed E-state index contributed by atoms with van der Waals surface area (Å²) in [6.07, 6.45) is 4.84. The highest BCUT2D eigenvalue weighted by Gasteiger charge is 2.31. The summed E-state index contributed by atoms with van der Waals surface area (Å²) in [6.45, 7) is 1.81. The van der Waals surface area contributed by atoms with Gasteiger partial charge in [0.1, 0.15) is 0 Å². The lowest BCUT2D eigenvalue weighted by Crippen LogP contribution is -2.35. The number of benzene rings is 1. The predicted octanol–water partition coefficient (Wildman–Crippen LogP) is 2.82. The Morgan fingerprint density at radius 3 is 2.75 bits per heavy atom. The van der Waals surface area contributed by atoms with Crippen LogP contribution in [-0.4, -0.2) is 28.2 Å². The minimum atomic E-state index is -0.883. The van der Waals surface area contributed by atoms with Gasteiger partial charge in [-0.2, -0.15) is 5.10 Å². The van der Waals surface area contributed by atoms with Crippen molar-refractivity contribution < 1.29 is 14.7 Å². The normalized spacial score (nSPS) is 20.0. The van der Waals surface area contributed by atoms with Crippen LogP contribution in [0.1, 0.15) is 51.9 Å². The van der Waals surface area contributed by atoms with Crippen molar-refractivity contribution in [3.63, 3.8) is 0 Å². The second-order valence-corrected chi connectivity index (χ2v) is 6.78. The molecule has 0 radical (unpaired) electrons. The van der Waals surface area contributed by atoms with Crippen molar-refractivity contribution in [1.29, 1.82) is 0 Å². The third-order valence-electron chi connectivity index (χ3n) is 4.56. The summed E-state index contributed by atoms with van der Waals surface area (Å²) in [5.41, 5.74) is 1.12. The lowest BCUT2D eigenvalue weighted by molar-refractivity contribution is -0.122. The van der Waals surface area contributed by atoms with E-state index in [1.165, 1.54) is 5.01 Å². The van der Waals surface area contributed by atoms with Crippen molar-refractivity contribution >= 4 is 28.9 Å². The number of rotatable bonds is 4. The number of hydrazone groups is 1. The highest BCUT2D eigenvalue weighted by Crippen LogP contribution is 2.31. The highest BCUT2D eigenvalue weighted by molar-refractivity contribution is 6.12. The summed E-state index contributed by atoms with van der Waals surface area (Å²) in [6, 6.07) is 7.05. The van der Waals surface area contributed by atoms with E-state index in [2.05, 4.69) is 10.4 Å². The van der Waals surface area contributed by atoms with E-state index in [0.717, 1.165) is 25.0 Å². The van der Waals surface area contributed by atoms with Gasteiger partial charge in [0.2, 0.25) is 5.91 Å². The van der Waals surface area contributed by atoms with E-state index < -0.39 is 5.60 Å². The van der Waals surface area contributed by atoms with Gasteiger partial charge in [0.15, 0.2) is 0 Å². The molecule has 1 saturated carbocycles. The van der Waals surface area contributed by atoms with Gasteiger partial charge < -0.3 is 10.4 Å². The van der Waals surface area contributed by atoms with E-state index in [4.69, 9.17) is 0 Å². The van der Waals surface area contributed by atoms with Crippen LogP contribution in [0.4, 0.5) is 11.4 Å². The van der Waals surface area contributed by atoms with Crippen molar-refractivity contribution in [3.8, 4) is 0 Å². The zero-order valence-electron chi connectivity index (χ0n) is 13.9. The quantitative estimate of drug-likeness (QED) is 0.891. The van der Waals surface area contributed by atoms with Gasteiger partial charge in [-0.25, -0.2) is 5.01 Å². The van der Waals surface area contributed by atoms with Crippen LogP contribution < -0.4 is 10.3 Å². The Hall–Kier alpha value is -2.21. The molecule has 1 aliphatic carbocycles. The van der Waals surface area contributed by atoms with Crippen LogP contribution in [0.15, 0.2) is 29.4 Å². The molecule has 0 spiro atoms. The van der Waals surface area contributed by atoms with Crippen LogP contribution in [0.5, 0.6) is 0 Å². The molecule has 6 nitrogen and oxygen atoms in total. The van der Waals surface area contributed by atoms with Gasteiger partial charge in [-0.1, -0.05) is 25.3 Å². The Balaban J connectivity index is 1.66. The molecule has 0 aromatic heterocycles. The molecule has 6 heteroatoms. The molecule has 1 heterocycles. The Morgan fingerprint density at radius 1 is 1.33 bits per heavy atom. The van der Waals surface area contributed by atoms with Crippen LogP contribution in [0.2, 0.25) is 0 Å². The zero-order chi connectivity index (χ0) is 17.2. The predicted molar refractivity (Wildman–Crippen MR) is 92.9 cm³/mol. The summed E-state index contributed by atoms with van der Waals surface area (Å²) in [4.78, 5) is 24.2. The van der Waals surface area contributed by atoms with Crippen molar-refractivity contribution in [2.45, 2.75) is 57.5 Å². The smallest absolute Gasteiger partial charge is 0.253 e. The molecule has 2 aliphatic rings. The first-order chi connectivity index (χ1) is 11.5. The maximum atomic E-state index is 12.3. The first-order valence-corrected chi connectivity index (χ1v) is 8.45. The third-order valence-corrected chi connectivity index (χ3v) is 4.56. The van der Waals surface area contributed by atoms with E-state index in [1.807, 2.05) is 6.92 Å². The Labute approximate surface area is 141 Å². The topological polar surface area (TPSA) is 82.0 Å². The molecule has 1 fully saturated rings. The lowest BCUT2D eigenvalue weighted by Gasteiger charge is -2.31. The lowest BCUT2D eigenvalue weighted by atomic mass is 9.82. The number of aliphatic hydroxyl groups is 1. The number of nitrogens with zero attached hydrogens (tertiary/aromatic N) is 2. The van der Waals surface area contributed by atoms with Gasteiger partial charge in [0.05, 0.1) is 24.1 Å². The van der Waals surface area contributed by atoms with Gasteiger partial charge in [-0.05, 0) is 38.0 Å². The van der Waals surface area contributed by atoms with Gasteiger partial charge in [0.25, 0.3) is 5.91 Å². The Morgan fingerprint density at radius 2 is 2.08 bits per heavy atom. The fourth-order valence-corrected chi connectivity index (χ4v) is 3.36. The number of hydrogen-bond acceptors (Lipinski definition) is 4. The van der Waals surface area contributed by atoms with E-state index in [-0.39, 0.29) is 18.2 Å². The largest absolute Gasteiger partial charge is 0.389 e. The van der Waals surface area contributed by atoms with Crippen LogP contribution >= 0.6 is 0 Å². The minimum absolute atomic E-state index is 0.0764. The van der Waals surface area contributed by atoms with Crippen LogP contribution in [0.25, 0.3) is 0 Å². The summed E-state index contributed by atoms with van der Waals surface area (Å²) < 4.78 is 0. The summed E-state index contributed by atoms with van der Waals surface area (Å²) in [7, 11) is 0. The van der Waals surface area contributed by atoms with E-state index in [1.54, 1.807) is 24.3 Å². The molecule has 2 N–H and O–H groups in total. The standard InChI is InChI=1S/C18H23N3O3/c1-13-10-17(23)21(20-13)15-7-5-6-14(11-15)19-16(22)12-18(24)8-3-2-4-9-18/h5-7,11,24H,2-4,8-10,12H2,1H3,(H,19,22). The van der Waals surface area contributed by atoms with Crippen molar-refractivity contribution in [2.24, 2.45) is 5.10 Å². The number of carbonyl (C=O) groups excluding carboxylic acids is 2. The second kappa shape index (κ2) is 6.73. The molecular formula is C18H23N3O3. The number of nitrogens with one attached hydrogen (secondary N) is 1. The van der Waals surface area contributed by atoms with Crippen molar-refractivity contribution in [2.75, 3.05) is 10.3 Å². The Kier molecular flexibility index (Phi) is 4.66. The van der Waals surface area contributed by atoms with Gasteiger partial charge >= 0.3 is 0 Å². The summed E-state index contributed by atoms with van der Waals surface area (Å²) >= 11 is 0. The van der Waals surface area contributed by atoms with Crippen molar-refractivity contribution in [1.82, 2.24) is 0 Å². The second-order valence-electron chi connectivity index (χ2n) is 6.78. The molecule has 0 saturated heterocycles. The average Bonchev–Trinajstić information content (AvgIpc) is 2.86. The van der Waals surface area contributed by atoms with Gasteiger partial charge in [-0.3, -0.25) is 9.59 Å². The molecule has 0 atom stereocenters. The SMILES string of the molecule is CC1=NN(c2cccc(NC(=O)CC3(O)CCCCC3)c2)C(=O)C1. The maximum absolute atomic E-state index is 12.3. The molecule has 1 aromatic rings.